The highest BCUT2D eigenvalue weighted by molar-refractivity contribution is 5.98. The zero-order valence-electron chi connectivity index (χ0n) is 13.2. The van der Waals surface area contributed by atoms with Crippen LogP contribution in [0.15, 0.2) is 18.3 Å². The number of carbonyl (C=O) groups is 1. The van der Waals surface area contributed by atoms with Crippen molar-refractivity contribution in [1.82, 2.24) is 4.98 Å². The Balaban J connectivity index is 0.00000220. The smallest absolute Gasteiger partial charge is 0.244 e. The van der Waals surface area contributed by atoms with Crippen molar-refractivity contribution in [3.63, 3.8) is 0 Å². The van der Waals surface area contributed by atoms with Crippen LogP contribution in [0.4, 0.5) is 11.5 Å². The molecule has 1 saturated carbocycles. The second-order valence-electron chi connectivity index (χ2n) is 5.39. The Labute approximate surface area is 144 Å². The van der Waals surface area contributed by atoms with Crippen molar-refractivity contribution in [2.75, 3.05) is 23.3 Å². The monoisotopic (exact) mass is 348 g/mol. The number of rotatable bonds is 5. The van der Waals surface area contributed by atoms with Crippen molar-refractivity contribution in [3.05, 3.63) is 18.3 Å². The van der Waals surface area contributed by atoms with Crippen LogP contribution in [0, 0.1) is 0 Å². The van der Waals surface area contributed by atoms with Crippen LogP contribution in [-0.4, -0.2) is 29.5 Å². The minimum Gasteiger partial charge on any atom is -0.357 e. The van der Waals surface area contributed by atoms with E-state index in [1.807, 2.05) is 12.1 Å². The molecule has 1 aliphatic carbocycles. The molecule has 0 bridgehead atoms. The lowest BCUT2D eigenvalue weighted by molar-refractivity contribution is -0.121. The minimum absolute atomic E-state index is 0. The Hall–Kier alpha value is -1.04. The molecule has 0 aromatic carbocycles. The van der Waals surface area contributed by atoms with Gasteiger partial charge in [0.2, 0.25) is 5.91 Å². The van der Waals surface area contributed by atoms with Gasteiger partial charge in [0.25, 0.3) is 0 Å². The lowest BCUT2D eigenvalue weighted by Gasteiger charge is -2.23. The van der Waals surface area contributed by atoms with E-state index in [4.69, 9.17) is 5.73 Å². The third-order valence-electron chi connectivity index (χ3n) is 4.04. The van der Waals surface area contributed by atoms with Crippen molar-refractivity contribution < 1.29 is 4.79 Å². The Kier molecular flexibility index (Phi) is 8.74. The molecule has 5 nitrogen and oxygen atoms in total. The fourth-order valence-electron chi connectivity index (χ4n) is 2.68. The quantitative estimate of drug-likeness (QED) is 0.857. The molecule has 0 aliphatic heterocycles. The number of aromatic nitrogens is 1. The number of nitrogens with zero attached hydrogens (tertiary/aromatic N) is 2. The van der Waals surface area contributed by atoms with Gasteiger partial charge in [0, 0.05) is 13.1 Å². The predicted octanol–water partition coefficient (Wildman–Crippen LogP) is 2.98. The Morgan fingerprint density at radius 3 is 2.32 bits per heavy atom. The lowest BCUT2D eigenvalue weighted by atomic mass is 9.98. The molecule has 1 aromatic rings. The van der Waals surface area contributed by atoms with E-state index >= 15 is 0 Å². The maximum atomic E-state index is 12.2. The van der Waals surface area contributed by atoms with E-state index in [0.29, 0.717) is 5.69 Å². The topological polar surface area (TPSA) is 71.2 Å². The fourth-order valence-corrected chi connectivity index (χ4v) is 2.68. The SMILES string of the molecule is CCN(CC)c1ccc(NC(=O)C2(N)CCCC2)cn1.Cl.Cl. The lowest BCUT2D eigenvalue weighted by Crippen LogP contribution is -2.48. The van der Waals surface area contributed by atoms with E-state index in [9.17, 15) is 4.79 Å². The van der Waals surface area contributed by atoms with Crippen LogP contribution >= 0.6 is 24.8 Å². The number of anilines is 2. The number of hydrogen-bond donors (Lipinski definition) is 2. The average molecular weight is 349 g/mol. The van der Waals surface area contributed by atoms with E-state index in [2.05, 4.69) is 29.0 Å². The summed E-state index contributed by atoms with van der Waals surface area (Å²) in [6.07, 6.45) is 5.30. The van der Waals surface area contributed by atoms with Crippen molar-refractivity contribution in [3.8, 4) is 0 Å². The predicted molar refractivity (Wildman–Crippen MR) is 96.3 cm³/mol. The molecule has 0 spiro atoms. The minimum atomic E-state index is -0.697. The summed E-state index contributed by atoms with van der Waals surface area (Å²) in [5.41, 5.74) is 6.14. The molecule has 0 unspecified atom stereocenters. The zero-order chi connectivity index (χ0) is 14.6. The molecule has 0 radical (unpaired) electrons. The van der Waals surface area contributed by atoms with Crippen LogP contribution in [0.2, 0.25) is 0 Å². The number of nitrogens with two attached hydrogens (primary N) is 1. The summed E-state index contributed by atoms with van der Waals surface area (Å²) in [7, 11) is 0. The molecule has 1 heterocycles. The molecule has 1 aliphatic rings. The second-order valence-corrected chi connectivity index (χ2v) is 5.39. The van der Waals surface area contributed by atoms with Crippen LogP contribution in [0.1, 0.15) is 39.5 Å². The molecular formula is C15H26Cl2N4O. The summed E-state index contributed by atoms with van der Waals surface area (Å²) in [5, 5.41) is 2.88. The summed E-state index contributed by atoms with van der Waals surface area (Å²) in [6.45, 7) is 6.03. The van der Waals surface area contributed by atoms with E-state index in [1.165, 1.54) is 0 Å². The van der Waals surface area contributed by atoms with Gasteiger partial charge in [-0.05, 0) is 38.8 Å². The molecule has 7 heteroatoms. The third kappa shape index (κ3) is 4.73. The number of nitrogens with one attached hydrogen (secondary N) is 1. The highest BCUT2D eigenvalue weighted by atomic mass is 35.5. The Morgan fingerprint density at radius 1 is 1.27 bits per heavy atom. The fraction of sp³-hybridized carbons (Fsp3) is 0.600. The Morgan fingerprint density at radius 2 is 1.86 bits per heavy atom. The van der Waals surface area contributed by atoms with Crippen LogP contribution in [0.25, 0.3) is 0 Å². The molecule has 1 aromatic heterocycles. The number of carbonyl (C=O) groups excluding carboxylic acids is 1. The maximum Gasteiger partial charge on any atom is 0.244 e. The molecule has 2 rings (SSSR count). The van der Waals surface area contributed by atoms with Gasteiger partial charge in [0.05, 0.1) is 17.4 Å². The summed E-state index contributed by atoms with van der Waals surface area (Å²) >= 11 is 0. The van der Waals surface area contributed by atoms with Gasteiger partial charge >= 0.3 is 0 Å². The largest absolute Gasteiger partial charge is 0.357 e. The maximum absolute atomic E-state index is 12.2. The first-order valence-corrected chi connectivity index (χ1v) is 7.40. The van der Waals surface area contributed by atoms with E-state index < -0.39 is 5.54 Å². The normalized spacial score (nSPS) is 15.4. The van der Waals surface area contributed by atoms with Crippen molar-refractivity contribution in [2.45, 2.75) is 45.1 Å². The highest BCUT2D eigenvalue weighted by Gasteiger charge is 2.36. The average Bonchev–Trinajstić information content (AvgIpc) is 2.90. The first kappa shape index (κ1) is 21.0. The van der Waals surface area contributed by atoms with E-state index in [-0.39, 0.29) is 30.7 Å². The Bertz CT molecular complexity index is 457. The molecule has 126 valence electrons. The van der Waals surface area contributed by atoms with Gasteiger partial charge in [0.1, 0.15) is 5.82 Å². The summed E-state index contributed by atoms with van der Waals surface area (Å²) in [4.78, 5) is 18.7. The molecule has 1 amide bonds. The van der Waals surface area contributed by atoms with Crippen LogP contribution in [0.3, 0.4) is 0 Å². The highest BCUT2D eigenvalue weighted by Crippen LogP contribution is 2.28. The van der Waals surface area contributed by atoms with Crippen molar-refractivity contribution >= 4 is 42.2 Å². The van der Waals surface area contributed by atoms with Gasteiger partial charge < -0.3 is 16.0 Å². The molecular weight excluding hydrogens is 323 g/mol. The number of halogens is 2. The van der Waals surface area contributed by atoms with Gasteiger partial charge in [-0.25, -0.2) is 4.98 Å². The van der Waals surface area contributed by atoms with Crippen molar-refractivity contribution in [1.29, 1.82) is 0 Å². The van der Waals surface area contributed by atoms with E-state index in [0.717, 1.165) is 44.6 Å². The molecule has 22 heavy (non-hydrogen) atoms. The van der Waals surface area contributed by atoms with Gasteiger partial charge in [0.15, 0.2) is 0 Å². The van der Waals surface area contributed by atoms with Crippen LogP contribution < -0.4 is 16.0 Å². The summed E-state index contributed by atoms with van der Waals surface area (Å²) in [6, 6.07) is 3.82. The van der Waals surface area contributed by atoms with Crippen LogP contribution in [-0.2, 0) is 4.79 Å². The van der Waals surface area contributed by atoms with Gasteiger partial charge in [-0.15, -0.1) is 24.8 Å². The second kappa shape index (κ2) is 9.18. The zero-order valence-corrected chi connectivity index (χ0v) is 14.8. The van der Waals surface area contributed by atoms with E-state index in [1.54, 1.807) is 6.20 Å². The number of amides is 1. The van der Waals surface area contributed by atoms with Gasteiger partial charge in [-0.3, -0.25) is 4.79 Å². The van der Waals surface area contributed by atoms with Crippen molar-refractivity contribution in [2.24, 2.45) is 5.73 Å². The molecule has 1 fully saturated rings. The third-order valence-corrected chi connectivity index (χ3v) is 4.04. The molecule has 0 atom stereocenters. The number of hydrogen-bond acceptors (Lipinski definition) is 4. The summed E-state index contributed by atoms with van der Waals surface area (Å²) in [5.74, 6) is 0.837. The van der Waals surface area contributed by atoms with Gasteiger partial charge in [-0.2, -0.15) is 0 Å². The molecule has 0 saturated heterocycles. The first-order valence-electron chi connectivity index (χ1n) is 7.40. The summed E-state index contributed by atoms with van der Waals surface area (Å²) < 4.78 is 0. The van der Waals surface area contributed by atoms with Crippen LogP contribution in [0.5, 0.6) is 0 Å². The van der Waals surface area contributed by atoms with Gasteiger partial charge in [-0.1, -0.05) is 12.8 Å². The standard InChI is InChI=1S/C15H24N4O.2ClH/c1-3-19(4-2)13-8-7-12(11-17-13)18-14(20)15(16)9-5-6-10-15;;/h7-8,11H,3-6,9-10,16H2,1-2H3,(H,18,20);2*1H. The number of pyridine rings is 1. The molecule has 3 N–H and O–H groups in total. The first-order chi connectivity index (χ1) is 9.59.